The molecule has 0 aliphatic carbocycles. The lowest BCUT2D eigenvalue weighted by Crippen LogP contribution is -2.23. The van der Waals surface area contributed by atoms with Gasteiger partial charge in [0.25, 0.3) is 0 Å². The Kier molecular flexibility index (Phi) is 4.64. The van der Waals surface area contributed by atoms with E-state index >= 15 is 0 Å². The second-order valence-electron chi connectivity index (χ2n) is 7.30. The lowest BCUT2D eigenvalue weighted by Gasteiger charge is -2.39. The number of ether oxygens (including phenoxy) is 2. The minimum Gasteiger partial charge on any atom is -0.496 e. The number of methoxy groups -OCH3 is 2. The van der Waals surface area contributed by atoms with E-state index in [4.69, 9.17) is 9.47 Å². The molecule has 4 aromatic carbocycles. The molecule has 1 aliphatic rings. The molecule has 0 saturated heterocycles. The summed E-state index contributed by atoms with van der Waals surface area (Å²) in [5, 5.41) is 0. The van der Waals surface area contributed by atoms with Crippen LogP contribution in [0.25, 0.3) is 0 Å². The van der Waals surface area contributed by atoms with Crippen LogP contribution in [0.2, 0.25) is 0 Å². The standard InChI is InChI=1S/C27H23NO2/c1-29-23-17-9-15-21-26(23)25(19-11-5-3-6-12-19)27-22(16-10-18-24(27)30-2)28(21)20-13-7-4-8-14-20/h3-18,25H,1-2H3. The molecule has 0 spiro atoms. The molecule has 4 aromatic rings. The van der Waals surface area contributed by atoms with E-state index < -0.39 is 0 Å². The number of anilines is 3. The highest BCUT2D eigenvalue weighted by molar-refractivity contribution is 5.88. The fraction of sp³-hybridized carbons (Fsp3) is 0.111. The average Bonchev–Trinajstić information content (AvgIpc) is 2.82. The number of hydrogen-bond donors (Lipinski definition) is 0. The Morgan fingerprint density at radius 2 is 1.07 bits per heavy atom. The van der Waals surface area contributed by atoms with Gasteiger partial charge < -0.3 is 14.4 Å². The van der Waals surface area contributed by atoms with E-state index in [1.807, 2.05) is 18.2 Å². The fourth-order valence-electron chi connectivity index (χ4n) is 4.50. The number of benzene rings is 4. The van der Waals surface area contributed by atoms with Gasteiger partial charge in [-0.15, -0.1) is 0 Å². The fourth-order valence-corrected chi connectivity index (χ4v) is 4.50. The predicted molar refractivity (Wildman–Crippen MR) is 122 cm³/mol. The molecule has 1 aliphatic heterocycles. The maximum Gasteiger partial charge on any atom is 0.125 e. The van der Waals surface area contributed by atoms with E-state index in [1.54, 1.807) is 14.2 Å². The van der Waals surface area contributed by atoms with Crippen LogP contribution in [0, 0.1) is 0 Å². The van der Waals surface area contributed by atoms with Crippen LogP contribution in [-0.4, -0.2) is 14.2 Å². The highest BCUT2D eigenvalue weighted by Crippen LogP contribution is 2.56. The summed E-state index contributed by atoms with van der Waals surface area (Å²) in [6.45, 7) is 0. The summed E-state index contributed by atoms with van der Waals surface area (Å²) < 4.78 is 11.7. The van der Waals surface area contributed by atoms with Gasteiger partial charge in [-0.05, 0) is 42.0 Å². The molecular weight excluding hydrogens is 370 g/mol. The van der Waals surface area contributed by atoms with Crippen molar-refractivity contribution in [2.45, 2.75) is 5.92 Å². The molecule has 0 bridgehead atoms. The van der Waals surface area contributed by atoms with Crippen molar-refractivity contribution in [2.24, 2.45) is 0 Å². The highest BCUT2D eigenvalue weighted by atomic mass is 16.5. The number of nitrogens with zero attached hydrogens (tertiary/aromatic N) is 1. The van der Waals surface area contributed by atoms with E-state index in [0.717, 1.165) is 39.7 Å². The van der Waals surface area contributed by atoms with Crippen molar-refractivity contribution in [1.29, 1.82) is 0 Å². The summed E-state index contributed by atoms with van der Waals surface area (Å²) in [7, 11) is 3.48. The molecule has 5 rings (SSSR count). The van der Waals surface area contributed by atoms with Gasteiger partial charge in [0.1, 0.15) is 11.5 Å². The molecule has 0 aromatic heterocycles. The largest absolute Gasteiger partial charge is 0.496 e. The first-order chi connectivity index (χ1) is 14.8. The first kappa shape index (κ1) is 18.3. The van der Waals surface area contributed by atoms with Crippen molar-refractivity contribution < 1.29 is 9.47 Å². The molecule has 0 unspecified atom stereocenters. The quantitative estimate of drug-likeness (QED) is 0.340. The normalized spacial score (nSPS) is 12.8. The minimum absolute atomic E-state index is 0.00321. The summed E-state index contributed by atoms with van der Waals surface area (Å²) >= 11 is 0. The zero-order valence-corrected chi connectivity index (χ0v) is 17.1. The monoisotopic (exact) mass is 393 g/mol. The lowest BCUT2D eigenvalue weighted by molar-refractivity contribution is 0.402. The van der Waals surface area contributed by atoms with Crippen molar-refractivity contribution >= 4 is 17.1 Å². The molecule has 148 valence electrons. The maximum absolute atomic E-state index is 5.87. The third-order valence-corrected chi connectivity index (χ3v) is 5.73. The number of para-hydroxylation sites is 1. The van der Waals surface area contributed by atoms with E-state index in [2.05, 4.69) is 83.8 Å². The van der Waals surface area contributed by atoms with Crippen LogP contribution in [0.5, 0.6) is 11.5 Å². The summed E-state index contributed by atoms with van der Waals surface area (Å²) in [4.78, 5) is 2.30. The molecule has 0 fully saturated rings. The van der Waals surface area contributed by atoms with Crippen LogP contribution in [0.3, 0.4) is 0 Å². The van der Waals surface area contributed by atoms with Gasteiger partial charge in [-0.2, -0.15) is 0 Å². The Bertz CT molecular complexity index is 1120. The van der Waals surface area contributed by atoms with E-state index in [1.165, 1.54) is 5.56 Å². The molecule has 0 N–H and O–H groups in total. The lowest BCUT2D eigenvalue weighted by atomic mass is 9.79. The maximum atomic E-state index is 5.87. The van der Waals surface area contributed by atoms with Gasteiger partial charge in [0.05, 0.1) is 25.6 Å². The Morgan fingerprint density at radius 1 is 0.567 bits per heavy atom. The van der Waals surface area contributed by atoms with Crippen molar-refractivity contribution in [3.63, 3.8) is 0 Å². The third-order valence-electron chi connectivity index (χ3n) is 5.73. The van der Waals surface area contributed by atoms with Crippen molar-refractivity contribution in [2.75, 3.05) is 19.1 Å². The zero-order chi connectivity index (χ0) is 20.5. The van der Waals surface area contributed by atoms with Gasteiger partial charge in [0.15, 0.2) is 0 Å². The SMILES string of the molecule is COc1cccc2c1C(c1ccccc1)c1c(OC)cccc1N2c1ccccc1. The molecule has 0 atom stereocenters. The number of hydrogen-bond acceptors (Lipinski definition) is 3. The Labute approximate surface area is 177 Å². The molecule has 1 heterocycles. The third kappa shape index (κ3) is 2.82. The molecule has 30 heavy (non-hydrogen) atoms. The average molecular weight is 393 g/mol. The van der Waals surface area contributed by atoms with Crippen LogP contribution < -0.4 is 14.4 Å². The Morgan fingerprint density at radius 3 is 1.57 bits per heavy atom. The van der Waals surface area contributed by atoms with Crippen molar-refractivity contribution in [3.05, 3.63) is 114 Å². The van der Waals surface area contributed by atoms with Crippen LogP contribution in [0.1, 0.15) is 22.6 Å². The molecular formula is C27H23NO2. The number of rotatable bonds is 4. The topological polar surface area (TPSA) is 21.7 Å². The smallest absolute Gasteiger partial charge is 0.125 e. The molecule has 3 nitrogen and oxygen atoms in total. The van der Waals surface area contributed by atoms with Gasteiger partial charge in [-0.25, -0.2) is 0 Å². The van der Waals surface area contributed by atoms with Crippen LogP contribution in [0.4, 0.5) is 17.1 Å². The molecule has 3 heteroatoms. The van der Waals surface area contributed by atoms with Gasteiger partial charge in [-0.1, -0.05) is 60.7 Å². The minimum atomic E-state index is 0.00321. The van der Waals surface area contributed by atoms with Crippen molar-refractivity contribution in [1.82, 2.24) is 0 Å². The Hall–Kier alpha value is -3.72. The van der Waals surface area contributed by atoms with Gasteiger partial charge >= 0.3 is 0 Å². The molecule has 0 radical (unpaired) electrons. The molecule has 0 amide bonds. The summed E-state index contributed by atoms with van der Waals surface area (Å²) in [6.07, 6.45) is 0. The van der Waals surface area contributed by atoms with Gasteiger partial charge in [0.2, 0.25) is 0 Å². The predicted octanol–water partition coefficient (Wildman–Crippen LogP) is 6.67. The second-order valence-corrected chi connectivity index (χ2v) is 7.30. The van der Waals surface area contributed by atoms with Gasteiger partial charge in [0, 0.05) is 22.7 Å². The van der Waals surface area contributed by atoms with Crippen LogP contribution >= 0.6 is 0 Å². The van der Waals surface area contributed by atoms with E-state index in [-0.39, 0.29) is 5.92 Å². The first-order valence-electron chi connectivity index (χ1n) is 10.1. The van der Waals surface area contributed by atoms with Crippen LogP contribution in [0.15, 0.2) is 97.1 Å². The Balaban J connectivity index is 1.89. The highest BCUT2D eigenvalue weighted by Gasteiger charge is 2.36. The van der Waals surface area contributed by atoms with Gasteiger partial charge in [-0.3, -0.25) is 0 Å². The summed E-state index contributed by atoms with van der Waals surface area (Å²) in [6, 6.07) is 33.6. The molecule has 0 saturated carbocycles. The van der Waals surface area contributed by atoms with E-state index in [0.29, 0.717) is 0 Å². The van der Waals surface area contributed by atoms with Crippen LogP contribution in [-0.2, 0) is 0 Å². The van der Waals surface area contributed by atoms with Crippen molar-refractivity contribution in [3.8, 4) is 11.5 Å². The zero-order valence-electron chi connectivity index (χ0n) is 17.1. The van der Waals surface area contributed by atoms with E-state index in [9.17, 15) is 0 Å². The summed E-state index contributed by atoms with van der Waals surface area (Å²) in [5.41, 5.74) is 6.85. The number of fused-ring (bicyclic) bond motifs is 2. The second kappa shape index (κ2) is 7.60. The first-order valence-corrected chi connectivity index (χ1v) is 10.1. The summed E-state index contributed by atoms with van der Waals surface area (Å²) in [5.74, 6) is 1.75.